The predicted molar refractivity (Wildman–Crippen MR) is 84.0 cm³/mol. The molecule has 1 saturated heterocycles. The van der Waals surface area contributed by atoms with Crippen LogP contribution in [-0.4, -0.2) is 24.2 Å². The molecule has 0 radical (unpaired) electrons. The molecular weight excluding hydrogens is 250 g/mol. The molecule has 1 aromatic carbocycles. The summed E-state index contributed by atoms with van der Waals surface area (Å²) in [6.07, 6.45) is 3.96. The van der Waals surface area contributed by atoms with Crippen LogP contribution in [-0.2, 0) is 4.74 Å². The van der Waals surface area contributed by atoms with Gasteiger partial charge in [-0.1, -0.05) is 32.0 Å². The van der Waals surface area contributed by atoms with Gasteiger partial charge in [0.05, 0.1) is 11.6 Å². The number of guanidine groups is 1. The molecule has 1 fully saturated rings. The fourth-order valence-electron chi connectivity index (χ4n) is 2.75. The van der Waals surface area contributed by atoms with E-state index in [4.69, 9.17) is 10.5 Å². The number of hydrogen-bond acceptors (Lipinski definition) is 2. The Kier molecular flexibility index (Phi) is 5.01. The standard InChI is InChI=1S/C16H25N3O/c1-3-16(4-2)12-14(10-11-20-16)19-15(17)18-13-8-6-5-7-9-13/h5-9,14H,3-4,10-12H2,1-2H3,(H3,17,18,19). The van der Waals surface area contributed by atoms with Crippen molar-refractivity contribution in [2.24, 2.45) is 10.7 Å². The molecule has 0 bridgehead atoms. The largest absolute Gasteiger partial charge is 0.375 e. The van der Waals surface area contributed by atoms with E-state index in [2.05, 4.69) is 24.2 Å². The van der Waals surface area contributed by atoms with E-state index in [1.165, 1.54) is 0 Å². The first-order valence-electron chi connectivity index (χ1n) is 7.47. The molecule has 4 nitrogen and oxygen atoms in total. The quantitative estimate of drug-likeness (QED) is 0.655. The summed E-state index contributed by atoms with van der Waals surface area (Å²) in [5, 5.41) is 3.14. The average molecular weight is 275 g/mol. The maximum atomic E-state index is 6.01. The van der Waals surface area contributed by atoms with Crippen LogP contribution in [0.2, 0.25) is 0 Å². The Morgan fingerprint density at radius 3 is 2.70 bits per heavy atom. The molecule has 1 unspecified atom stereocenters. The Balaban J connectivity index is 1.99. The number of nitrogens with two attached hydrogens (primary N) is 1. The van der Waals surface area contributed by atoms with Gasteiger partial charge in [0.2, 0.25) is 0 Å². The summed E-state index contributed by atoms with van der Waals surface area (Å²) in [4.78, 5) is 4.63. The Hall–Kier alpha value is -1.55. The van der Waals surface area contributed by atoms with Crippen LogP contribution in [0, 0.1) is 0 Å². The molecule has 0 aliphatic carbocycles. The first-order chi connectivity index (χ1) is 9.67. The van der Waals surface area contributed by atoms with Gasteiger partial charge in [0.1, 0.15) is 0 Å². The SMILES string of the molecule is CCC1(CC)CC(N=C(N)Nc2ccccc2)CCO1. The zero-order valence-corrected chi connectivity index (χ0v) is 12.4. The molecule has 0 saturated carbocycles. The highest BCUT2D eigenvalue weighted by molar-refractivity contribution is 5.92. The first kappa shape index (κ1) is 14.9. The second-order valence-corrected chi connectivity index (χ2v) is 5.39. The predicted octanol–water partition coefficient (Wildman–Crippen LogP) is 3.15. The topological polar surface area (TPSA) is 59.6 Å². The van der Waals surface area contributed by atoms with E-state index in [1.807, 2.05) is 30.3 Å². The summed E-state index contributed by atoms with van der Waals surface area (Å²) in [5.74, 6) is 0.490. The minimum atomic E-state index is -0.0144. The zero-order chi connectivity index (χ0) is 14.4. The number of para-hydroxylation sites is 1. The van der Waals surface area contributed by atoms with Gasteiger partial charge >= 0.3 is 0 Å². The van der Waals surface area contributed by atoms with Crippen LogP contribution in [0.25, 0.3) is 0 Å². The van der Waals surface area contributed by atoms with Crippen molar-refractivity contribution in [3.05, 3.63) is 30.3 Å². The van der Waals surface area contributed by atoms with Gasteiger partial charge in [-0.15, -0.1) is 0 Å². The van der Waals surface area contributed by atoms with E-state index < -0.39 is 0 Å². The van der Waals surface area contributed by atoms with Crippen LogP contribution in [0.5, 0.6) is 0 Å². The zero-order valence-electron chi connectivity index (χ0n) is 12.4. The lowest BCUT2D eigenvalue weighted by Gasteiger charge is -2.38. The van der Waals surface area contributed by atoms with Crippen LogP contribution in [0.3, 0.4) is 0 Å². The number of rotatable bonds is 4. The average Bonchev–Trinajstić information content (AvgIpc) is 2.48. The molecule has 3 N–H and O–H groups in total. The monoisotopic (exact) mass is 275 g/mol. The lowest BCUT2D eigenvalue weighted by Crippen LogP contribution is -2.41. The Morgan fingerprint density at radius 1 is 1.35 bits per heavy atom. The number of hydrogen-bond donors (Lipinski definition) is 2. The van der Waals surface area contributed by atoms with Crippen molar-refractivity contribution in [1.29, 1.82) is 0 Å². The summed E-state index contributed by atoms with van der Waals surface area (Å²) >= 11 is 0. The Morgan fingerprint density at radius 2 is 2.05 bits per heavy atom. The lowest BCUT2D eigenvalue weighted by molar-refractivity contribution is -0.0884. The van der Waals surface area contributed by atoms with E-state index in [9.17, 15) is 0 Å². The van der Waals surface area contributed by atoms with Crippen molar-refractivity contribution in [3.63, 3.8) is 0 Å². The lowest BCUT2D eigenvalue weighted by atomic mass is 9.86. The van der Waals surface area contributed by atoms with Crippen LogP contribution < -0.4 is 11.1 Å². The molecule has 0 spiro atoms. The van der Waals surface area contributed by atoms with Gasteiger partial charge in [0.25, 0.3) is 0 Å². The summed E-state index contributed by atoms with van der Waals surface area (Å²) in [7, 11) is 0. The van der Waals surface area contributed by atoms with Crippen LogP contribution in [0.15, 0.2) is 35.3 Å². The summed E-state index contributed by atoms with van der Waals surface area (Å²) < 4.78 is 5.96. The number of aliphatic imine (C=N–C) groups is 1. The van der Waals surface area contributed by atoms with Crippen LogP contribution in [0.1, 0.15) is 39.5 Å². The second kappa shape index (κ2) is 6.75. The van der Waals surface area contributed by atoms with Gasteiger partial charge in [-0.05, 0) is 37.8 Å². The smallest absolute Gasteiger partial charge is 0.193 e. The third kappa shape index (κ3) is 3.73. The van der Waals surface area contributed by atoms with Crippen molar-refractivity contribution in [2.75, 3.05) is 11.9 Å². The molecule has 1 atom stereocenters. The van der Waals surface area contributed by atoms with Gasteiger partial charge in [0.15, 0.2) is 5.96 Å². The number of ether oxygens (including phenoxy) is 1. The Labute approximate surface area is 121 Å². The molecular formula is C16H25N3O. The minimum absolute atomic E-state index is 0.0144. The molecule has 110 valence electrons. The van der Waals surface area contributed by atoms with Gasteiger partial charge in [-0.2, -0.15) is 0 Å². The fourth-order valence-corrected chi connectivity index (χ4v) is 2.75. The third-order valence-electron chi connectivity index (χ3n) is 4.12. The fraction of sp³-hybridized carbons (Fsp3) is 0.562. The highest BCUT2D eigenvalue weighted by Crippen LogP contribution is 2.32. The molecule has 2 rings (SSSR count). The molecule has 20 heavy (non-hydrogen) atoms. The number of benzene rings is 1. The van der Waals surface area contributed by atoms with Gasteiger partial charge < -0.3 is 15.8 Å². The maximum Gasteiger partial charge on any atom is 0.193 e. The van der Waals surface area contributed by atoms with Gasteiger partial charge in [-0.3, -0.25) is 0 Å². The van der Waals surface area contributed by atoms with E-state index in [1.54, 1.807) is 0 Å². The minimum Gasteiger partial charge on any atom is -0.375 e. The van der Waals surface area contributed by atoms with Crippen LogP contribution in [0.4, 0.5) is 5.69 Å². The number of nitrogens with one attached hydrogen (secondary N) is 1. The van der Waals surface area contributed by atoms with E-state index in [-0.39, 0.29) is 11.6 Å². The Bertz CT molecular complexity index is 440. The van der Waals surface area contributed by atoms with Gasteiger partial charge in [0, 0.05) is 12.3 Å². The third-order valence-corrected chi connectivity index (χ3v) is 4.12. The van der Waals surface area contributed by atoms with Crippen molar-refractivity contribution in [1.82, 2.24) is 0 Å². The molecule has 0 amide bonds. The van der Waals surface area contributed by atoms with E-state index >= 15 is 0 Å². The molecule has 1 heterocycles. The number of anilines is 1. The number of nitrogens with zero attached hydrogens (tertiary/aromatic N) is 1. The van der Waals surface area contributed by atoms with Crippen LogP contribution >= 0.6 is 0 Å². The molecule has 1 aromatic rings. The first-order valence-corrected chi connectivity index (χ1v) is 7.47. The maximum absolute atomic E-state index is 6.01. The second-order valence-electron chi connectivity index (χ2n) is 5.39. The van der Waals surface area contributed by atoms with Crippen molar-refractivity contribution >= 4 is 11.6 Å². The van der Waals surface area contributed by atoms with Gasteiger partial charge in [-0.25, -0.2) is 4.99 Å². The van der Waals surface area contributed by atoms with E-state index in [0.29, 0.717) is 5.96 Å². The van der Waals surface area contributed by atoms with Crippen molar-refractivity contribution < 1.29 is 4.74 Å². The van der Waals surface area contributed by atoms with Crippen molar-refractivity contribution in [2.45, 2.75) is 51.2 Å². The molecule has 1 aliphatic rings. The molecule has 0 aromatic heterocycles. The summed E-state index contributed by atoms with van der Waals surface area (Å²) in [5.41, 5.74) is 6.96. The summed E-state index contributed by atoms with van der Waals surface area (Å²) in [6.45, 7) is 5.14. The highest BCUT2D eigenvalue weighted by atomic mass is 16.5. The van der Waals surface area contributed by atoms with Crippen molar-refractivity contribution in [3.8, 4) is 0 Å². The highest BCUT2D eigenvalue weighted by Gasteiger charge is 2.34. The normalized spacial score (nSPS) is 22.5. The summed E-state index contributed by atoms with van der Waals surface area (Å²) in [6, 6.07) is 10.1. The molecule has 1 aliphatic heterocycles. The molecule has 4 heteroatoms. The van der Waals surface area contributed by atoms with E-state index in [0.717, 1.165) is 38.0 Å².